The first kappa shape index (κ1) is 56.4. The first-order valence-electron chi connectivity index (χ1n) is 7.11. The predicted molar refractivity (Wildman–Crippen MR) is 90.6 cm³/mol. The first-order chi connectivity index (χ1) is 9.90. The van der Waals surface area contributed by atoms with E-state index in [4.69, 9.17) is 35.7 Å². The van der Waals surface area contributed by atoms with Gasteiger partial charge in [-0.15, -0.1) is 13.2 Å². The van der Waals surface area contributed by atoms with Crippen LogP contribution in [0.15, 0.2) is 0 Å². The van der Waals surface area contributed by atoms with Crippen LogP contribution >= 0.6 is 0 Å². The van der Waals surface area contributed by atoms with E-state index in [1.165, 1.54) is 0 Å². The third kappa shape index (κ3) is 6960. The Bertz CT molecular complexity index is 50.7. The quantitative estimate of drug-likeness (QED) is 0.238. The minimum Gasteiger partial charge on any atom is -0.855 e. The molecule has 0 aliphatic rings. The van der Waals surface area contributed by atoms with Crippen LogP contribution in [-0.4, -0.2) is 94.8 Å². The molecule has 1 radical (unpaired) electrons. The van der Waals surface area contributed by atoms with Crippen molar-refractivity contribution in [2.45, 2.75) is 48.5 Å². The van der Waals surface area contributed by atoms with Gasteiger partial charge >= 0.3 is 23.1 Å². The molecule has 0 saturated carbocycles. The summed E-state index contributed by atoms with van der Waals surface area (Å²) < 4.78 is 0. The van der Waals surface area contributed by atoms with Gasteiger partial charge in [-0.05, 0) is 34.6 Å². The normalized spacial score (nSPS) is 5.48. The minimum absolute atomic E-state index is 0. The molecular formula is C14H40MgO7Ta. The van der Waals surface area contributed by atoms with E-state index in [0.717, 1.165) is 0 Å². The molecule has 0 bridgehead atoms. The zero-order chi connectivity index (χ0) is 18.9. The Morgan fingerprint density at radius 1 is 0.478 bits per heavy atom. The van der Waals surface area contributed by atoms with Crippen molar-refractivity contribution in [3.63, 3.8) is 0 Å². The second-order valence-electron chi connectivity index (χ2n) is 2.16. The molecule has 7 nitrogen and oxygen atoms in total. The number of rotatable bonds is 0. The summed E-state index contributed by atoms with van der Waals surface area (Å²) in [6, 6.07) is 0. The molecule has 0 spiro atoms. The SMILES string of the molecule is CCO.CCO.CCO.CCO.CCO.CC[O-].CC[O-].[Mg+2].[Ta]. The van der Waals surface area contributed by atoms with Gasteiger partial charge in [-0.1, -0.05) is 13.8 Å². The van der Waals surface area contributed by atoms with Gasteiger partial charge in [-0.3, -0.25) is 0 Å². The minimum atomic E-state index is 0. The van der Waals surface area contributed by atoms with E-state index in [0.29, 0.717) is 0 Å². The Labute approximate surface area is 175 Å². The van der Waals surface area contributed by atoms with Gasteiger partial charge in [0.1, 0.15) is 0 Å². The zero-order valence-corrected chi connectivity index (χ0v) is 20.8. The number of hydrogen-bond acceptors (Lipinski definition) is 7. The van der Waals surface area contributed by atoms with Crippen LogP contribution in [0.25, 0.3) is 0 Å². The third-order valence-corrected chi connectivity index (χ3v) is 0. The predicted octanol–water partition coefficient (Wildman–Crippen LogP) is -1.66. The van der Waals surface area contributed by atoms with Crippen LogP contribution in [0.4, 0.5) is 0 Å². The molecule has 0 heterocycles. The van der Waals surface area contributed by atoms with Crippen LogP contribution in [0.2, 0.25) is 0 Å². The molecule has 9 heteroatoms. The number of hydrogen-bond donors (Lipinski definition) is 5. The topological polar surface area (TPSA) is 147 Å². The van der Waals surface area contributed by atoms with Crippen LogP contribution < -0.4 is 10.2 Å². The van der Waals surface area contributed by atoms with Gasteiger partial charge in [0.05, 0.1) is 0 Å². The standard InChI is InChI=1S/5C2H6O.2C2H5O.Mg.Ta/c7*1-2-3;;/h5*3H,2H2,1H3;2*2H2,1H3;;/q;;;;;2*-1;+2;. The van der Waals surface area contributed by atoms with Gasteiger partial charge < -0.3 is 35.7 Å². The third-order valence-electron chi connectivity index (χ3n) is 0. The van der Waals surface area contributed by atoms with Crippen molar-refractivity contribution in [3.05, 3.63) is 0 Å². The summed E-state index contributed by atoms with van der Waals surface area (Å²) in [5, 5.41) is 55.7. The fraction of sp³-hybridized carbons (Fsp3) is 1.00. The zero-order valence-electron chi connectivity index (χ0n) is 16.2. The van der Waals surface area contributed by atoms with Crippen molar-refractivity contribution >= 4 is 23.1 Å². The van der Waals surface area contributed by atoms with Crippen LogP contribution in [0.5, 0.6) is 0 Å². The molecule has 0 aliphatic carbocycles. The maximum Gasteiger partial charge on any atom is 2.00 e. The summed E-state index contributed by atoms with van der Waals surface area (Å²) >= 11 is 0. The van der Waals surface area contributed by atoms with E-state index in [9.17, 15) is 0 Å². The van der Waals surface area contributed by atoms with E-state index in [-0.39, 0.29) is 91.7 Å². The smallest absolute Gasteiger partial charge is 0.855 e. The summed E-state index contributed by atoms with van der Waals surface area (Å²) in [6.45, 7) is 12.8. The van der Waals surface area contributed by atoms with Crippen LogP contribution in [0.1, 0.15) is 48.5 Å². The van der Waals surface area contributed by atoms with Gasteiger partial charge in [0.25, 0.3) is 0 Å². The number of aliphatic hydroxyl groups excluding tert-OH is 5. The van der Waals surface area contributed by atoms with Crippen molar-refractivity contribution < 1.29 is 58.1 Å². The van der Waals surface area contributed by atoms with E-state index >= 15 is 0 Å². The van der Waals surface area contributed by atoms with Crippen molar-refractivity contribution in [2.75, 3.05) is 46.2 Å². The van der Waals surface area contributed by atoms with Gasteiger partial charge in [0, 0.05) is 55.4 Å². The van der Waals surface area contributed by atoms with Gasteiger partial charge in [0.2, 0.25) is 0 Å². The van der Waals surface area contributed by atoms with Gasteiger partial charge in [-0.2, -0.15) is 0 Å². The molecule has 0 rings (SSSR count). The monoisotopic (exact) mass is 525 g/mol. The Kier molecular flexibility index (Phi) is 416. The van der Waals surface area contributed by atoms with Crippen LogP contribution in [0.3, 0.4) is 0 Å². The molecule has 23 heavy (non-hydrogen) atoms. The molecule has 0 amide bonds. The summed E-state index contributed by atoms with van der Waals surface area (Å²) in [4.78, 5) is 0. The summed E-state index contributed by atoms with van der Waals surface area (Å²) in [6.07, 6.45) is 0. The molecule has 0 unspecified atom stereocenters. The second kappa shape index (κ2) is 170. The molecule has 145 valence electrons. The van der Waals surface area contributed by atoms with E-state index in [1.54, 1.807) is 48.5 Å². The molecule has 5 N–H and O–H groups in total. The average molecular weight is 526 g/mol. The molecule has 0 aromatic carbocycles. The van der Waals surface area contributed by atoms with E-state index in [2.05, 4.69) is 0 Å². The van der Waals surface area contributed by atoms with Crippen molar-refractivity contribution in [2.24, 2.45) is 0 Å². The Balaban J connectivity index is -0.0000000140. The Hall–Kier alpha value is 1.23. The largest absolute Gasteiger partial charge is 2.00 e. The molecule has 0 saturated heterocycles. The fourth-order valence-electron chi connectivity index (χ4n) is 0. The maximum absolute atomic E-state index is 8.93. The number of aliphatic hydroxyl groups is 5. The summed E-state index contributed by atoms with van der Waals surface area (Å²) in [7, 11) is 0. The fourth-order valence-corrected chi connectivity index (χ4v) is 0. The Morgan fingerprint density at radius 3 is 0.478 bits per heavy atom. The molecule has 0 fully saturated rings. The first-order valence-corrected chi connectivity index (χ1v) is 7.11. The average Bonchev–Trinajstić information content (AvgIpc) is 2.35. The van der Waals surface area contributed by atoms with Crippen molar-refractivity contribution in [1.29, 1.82) is 0 Å². The summed E-state index contributed by atoms with van der Waals surface area (Å²) in [5.41, 5.74) is 0. The van der Waals surface area contributed by atoms with Crippen LogP contribution in [-0.2, 0) is 22.4 Å². The van der Waals surface area contributed by atoms with E-state index < -0.39 is 0 Å². The van der Waals surface area contributed by atoms with Crippen molar-refractivity contribution in [1.82, 2.24) is 0 Å². The molecule has 0 aliphatic heterocycles. The maximum atomic E-state index is 8.93. The second-order valence-corrected chi connectivity index (χ2v) is 2.16. The molecule has 0 atom stereocenters. The van der Waals surface area contributed by atoms with Crippen molar-refractivity contribution in [3.8, 4) is 0 Å². The van der Waals surface area contributed by atoms with Gasteiger partial charge in [-0.25, -0.2) is 0 Å². The molecule has 0 aromatic heterocycles. The van der Waals surface area contributed by atoms with Crippen LogP contribution in [0, 0.1) is 0 Å². The van der Waals surface area contributed by atoms with E-state index in [1.807, 2.05) is 0 Å². The molecular weight excluding hydrogens is 485 g/mol. The summed E-state index contributed by atoms with van der Waals surface area (Å²) in [5.74, 6) is 0. The molecule has 0 aromatic rings. The Morgan fingerprint density at radius 2 is 0.478 bits per heavy atom. The van der Waals surface area contributed by atoms with Gasteiger partial charge in [0.15, 0.2) is 0 Å².